The molecule has 0 N–H and O–H groups in total. The van der Waals surface area contributed by atoms with E-state index in [0.717, 1.165) is 32.1 Å². The van der Waals surface area contributed by atoms with Crippen molar-refractivity contribution in [3.05, 3.63) is 11.8 Å². The van der Waals surface area contributed by atoms with Gasteiger partial charge in [-0.05, 0) is 72.1 Å². The van der Waals surface area contributed by atoms with E-state index in [-0.39, 0.29) is 58.5 Å². The maximum atomic E-state index is 12.8. The third-order valence-corrected chi connectivity index (χ3v) is 9.10. The van der Waals surface area contributed by atoms with Crippen LogP contribution in [0.4, 0.5) is 0 Å². The van der Waals surface area contributed by atoms with Gasteiger partial charge in [0.05, 0.1) is 29.5 Å². The van der Waals surface area contributed by atoms with Crippen molar-refractivity contribution in [2.24, 2.45) is 17.3 Å². The first-order valence-corrected chi connectivity index (χ1v) is 13.2. The van der Waals surface area contributed by atoms with Crippen LogP contribution in [0.1, 0.15) is 93.9 Å². The van der Waals surface area contributed by atoms with Crippen LogP contribution in [-0.2, 0) is 38.1 Å². The number of epoxide rings is 2. The Morgan fingerprint density at radius 1 is 0.889 bits per heavy atom. The summed E-state index contributed by atoms with van der Waals surface area (Å²) in [7, 11) is 0. The second-order valence-electron chi connectivity index (χ2n) is 12.6. The predicted molar refractivity (Wildman–Crippen MR) is 131 cm³/mol. The van der Waals surface area contributed by atoms with Crippen molar-refractivity contribution in [3.8, 4) is 0 Å². The Morgan fingerprint density at radius 3 is 2.19 bits per heavy atom. The summed E-state index contributed by atoms with van der Waals surface area (Å²) >= 11 is 0. The fraction of sp³-hybridized carbons (Fsp3) is 0.821. The fourth-order valence-electron chi connectivity index (χ4n) is 7.13. The summed E-state index contributed by atoms with van der Waals surface area (Å²) in [5, 5.41) is 0. The minimum Gasteiger partial charge on any atom is -0.462 e. The lowest BCUT2D eigenvalue weighted by molar-refractivity contribution is -0.169. The normalized spacial score (nSPS) is 42.1. The highest BCUT2D eigenvalue weighted by atomic mass is 16.6. The highest BCUT2D eigenvalue weighted by Crippen LogP contribution is 2.61. The maximum Gasteiger partial charge on any atom is 0.334 e. The standard InChI is InChI=1S/C28H42O8/c1-16(32-17(2)29)13-23(31)36-25(4,5)19-9-11-26(6)15-22-27(7,35-22)12-10-21-28(8,34-21)14-20(24(19)26)33-18(3)30/h13,19-22,24H,9-12,14-15H2,1-8H3/b16-13+/t19-,20-,21+,22+,24-,26-,27+,28+/m1/s1. The van der Waals surface area contributed by atoms with E-state index in [9.17, 15) is 14.4 Å². The van der Waals surface area contributed by atoms with Gasteiger partial charge in [-0.3, -0.25) is 9.59 Å². The zero-order valence-corrected chi connectivity index (χ0v) is 23.0. The Morgan fingerprint density at radius 2 is 1.56 bits per heavy atom. The number of allylic oxidation sites excluding steroid dienone is 1. The van der Waals surface area contributed by atoms with Gasteiger partial charge in [-0.1, -0.05) is 6.92 Å². The summed E-state index contributed by atoms with van der Waals surface area (Å²) in [5.74, 6) is -1.29. The SMILES string of the molecule is CC(=O)O/C(C)=C/C(=O)OC(C)(C)[C@@H]1CC[C@]2(C)C[C@@H]3O[C@@]3(C)CC[C@@H]3O[C@@]3(C)C[C@@H](OC(C)=O)[C@@H]12. The molecule has 36 heavy (non-hydrogen) atoms. The van der Waals surface area contributed by atoms with Crippen LogP contribution in [0.5, 0.6) is 0 Å². The molecule has 202 valence electrons. The molecule has 4 aliphatic rings. The molecular weight excluding hydrogens is 464 g/mol. The van der Waals surface area contributed by atoms with E-state index >= 15 is 0 Å². The minimum absolute atomic E-state index is 0.0454. The number of hydrogen-bond donors (Lipinski definition) is 0. The van der Waals surface area contributed by atoms with Crippen LogP contribution in [-0.4, -0.2) is 53.0 Å². The van der Waals surface area contributed by atoms with Crippen LogP contribution in [0.3, 0.4) is 0 Å². The van der Waals surface area contributed by atoms with Crippen LogP contribution < -0.4 is 0 Å². The largest absolute Gasteiger partial charge is 0.462 e. The molecule has 8 heteroatoms. The smallest absolute Gasteiger partial charge is 0.334 e. The molecule has 4 rings (SSSR count). The number of carbonyl (C=O) groups is 3. The van der Waals surface area contributed by atoms with Crippen molar-refractivity contribution in [2.75, 3.05) is 0 Å². The zero-order valence-electron chi connectivity index (χ0n) is 23.0. The van der Waals surface area contributed by atoms with Gasteiger partial charge in [0, 0.05) is 32.1 Å². The maximum absolute atomic E-state index is 12.8. The summed E-state index contributed by atoms with van der Waals surface area (Å²) in [6.07, 6.45) is 6.24. The molecule has 2 aliphatic heterocycles. The first-order valence-electron chi connectivity index (χ1n) is 13.2. The first kappa shape index (κ1) is 27.1. The highest BCUT2D eigenvalue weighted by molar-refractivity contribution is 5.83. The van der Waals surface area contributed by atoms with Crippen molar-refractivity contribution in [1.29, 1.82) is 0 Å². The van der Waals surface area contributed by atoms with Crippen molar-refractivity contribution < 1.29 is 38.1 Å². The average Bonchev–Trinajstić information content (AvgIpc) is 3.48. The molecule has 8 nitrogen and oxygen atoms in total. The van der Waals surface area contributed by atoms with Crippen molar-refractivity contribution >= 4 is 17.9 Å². The highest BCUT2D eigenvalue weighted by Gasteiger charge is 2.65. The lowest BCUT2D eigenvalue weighted by Gasteiger charge is -2.44. The van der Waals surface area contributed by atoms with Crippen LogP contribution in [0.2, 0.25) is 0 Å². The molecule has 0 amide bonds. The van der Waals surface area contributed by atoms with E-state index in [4.69, 9.17) is 23.7 Å². The number of rotatable bonds is 5. The molecule has 4 fully saturated rings. The summed E-state index contributed by atoms with van der Waals surface area (Å²) in [6, 6.07) is 0. The van der Waals surface area contributed by atoms with E-state index < -0.39 is 17.5 Å². The van der Waals surface area contributed by atoms with Crippen LogP contribution in [0.15, 0.2) is 11.8 Å². The van der Waals surface area contributed by atoms with E-state index in [2.05, 4.69) is 20.8 Å². The molecule has 2 heterocycles. The van der Waals surface area contributed by atoms with Gasteiger partial charge >= 0.3 is 17.9 Å². The summed E-state index contributed by atoms with van der Waals surface area (Å²) in [6.45, 7) is 14.7. The van der Waals surface area contributed by atoms with Crippen molar-refractivity contribution in [2.45, 2.75) is 129 Å². The molecule has 0 aromatic heterocycles. The topological polar surface area (TPSA) is 104 Å². The Kier molecular flexibility index (Phi) is 6.87. The lowest BCUT2D eigenvalue weighted by Crippen LogP contribution is -2.48. The van der Waals surface area contributed by atoms with Gasteiger partial charge in [-0.15, -0.1) is 0 Å². The van der Waals surface area contributed by atoms with Crippen molar-refractivity contribution in [3.63, 3.8) is 0 Å². The van der Waals surface area contributed by atoms with E-state index in [1.807, 2.05) is 13.8 Å². The molecule has 0 spiro atoms. The molecule has 0 bridgehead atoms. The van der Waals surface area contributed by atoms with E-state index in [1.54, 1.807) is 6.92 Å². The monoisotopic (exact) mass is 506 g/mol. The van der Waals surface area contributed by atoms with Gasteiger partial charge < -0.3 is 23.7 Å². The Bertz CT molecular complexity index is 955. The second kappa shape index (κ2) is 9.12. The predicted octanol–water partition coefficient (Wildman–Crippen LogP) is 4.63. The van der Waals surface area contributed by atoms with E-state index in [0.29, 0.717) is 6.42 Å². The Labute approximate surface area is 214 Å². The van der Waals surface area contributed by atoms with Crippen LogP contribution in [0, 0.1) is 17.3 Å². The van der Waals surface area contributed by atoms with E-state index in [1.165, 1.54) is 19.9 Å². The molecule has 0 radical (unpaired) electrons. The van der Waals surface area contributed by atoms with Gasteiger partial charge in [0.15, 0.2) is 0 Å². The molecule has 8 atom stereocenters. The first-order chi connectivity index (χ1) is 16.6. The van der Waals surface area contributed by atoms with Gasteiger partial charge in [0.2, 0.25) is 0 Å². The third kappa shape index (κ3) is 5.49. The molecular formula is C28H42O8. The van der Waals surface area contributed by atoms with Gasteiger partial charge in [-0.25, -0.2) is 4.79 Å². The van der Waals surface area contributed by atoms with Crippen LogP contribution in [0.25, 0.3) is 0 Å². The van der Waals surface area contributed by atoms with Crippen molar-refractivity contribution in [1.82, 2.24) is 0 Å². The van der Waals surface area contributed by atoms with Crippen LogP contribution >= 0.6 is 0 Å². The average molecular weight is 507 g/mol. The van der Waals surface area contributed by atoms with Gasteiger partial charge in [0.1, 0.15) is 17.5 Å². The molecule has 2 aliphatic carbocycles. The zero-order chi connectivity index (χ0) is 26.7. The molecule has 0 unspecified atom stereocenters. The minimum atomic E-state index is -0.844. The Balaban J connectivity index is 1.64. The fourth-order valence-corrected chi connectivity index (χ4v) is 7.13. The number of hydrogen-bond acceptors (Lipinski definition) is 8. The van der Waals surface area contributed by atoms with Gasteiger partial charge in [0.25, 0.3) is 0 Å². The molecule has 2 saturated heterocycles. The Hall–Kier alpha value is -1.93. The summed E-state index contributed by atoms with van der Waals surface area (Å²) < 4.78 is 29.4. The molecule has 0 aromatic rings. The molecule has 2 saturated carbocycles. The number of esters is 3. The number of fused-ring (bicyclic) bond motifs is 3. The second-order valence-corrected chi connectivity index (χ2v) is 12.6. The number of carbonyl (C=O) groups excluding carboxylic acids is 3. The summed E-state index contributed by atoms with van der Waals surface area (Å²) in [5.41, 5.74) is -1.49. The van der Waals surface area contributed by atoms with Gasteiger partial charge in [-0.2, -0.15) is 0 Å². The number of ether oxygens (including phenoxy) is 5. The lowest BCUT2D eigenvalue weighted by atomic mass is 9.66. The summed E-state index contributed by atoms with van der Waals surface area (Å²) in [4.78, 5) is 36.3. The molecule has 0 aromatic carbocycles. The quantitative estimate of drug-likeness (QED) is 0.175. The third-order valence-electron chi connectivity index (χ3n) is 9.10.